The third-order valence-corrected chi connectivity index (χ3v) is 4.46. The van der Waals surface area contributed by atoms with E-state index < -0.39 is 0 Å². The maximum atomic E-state index is 2.47. The van der Waals surface area contributed by atoms with E-state index in [-0.39, 0.29) is 0 Å². The second kappa shape index (κ2) is 5.71. The van der Waals surface area contributed by atoms with Gasteiger partial charge in [0.1, 0.15) is 0 Å². The number of benzene rings is 1. The van der Waals surface area contributed by atoms with E-state index in [1.807, 2.05) is 0 Å². The van der Waals surface area contributed by atoms with Gasteiger partial charge in [-0.25, -0.2) is 0 Å². The molecule has 0 saturated heterocycles. The molecule has 1 aromatic carbocycles. The number of rotatable bonds is 3. The summed E-state index contributed by atoms with van der Waals surface area (Å²) < 4.78 is 0. The fourth-order valence-electron chi connectivity index (χ4n) is 3.33. The number of hydrogen-bond acceptors (Lipinski definition) is 0. The predicted molar refractivity (Wildman–Crippen MR) is 75.1 cm³/mol. The molecule has 94 valence electrons. The van der Waals surface area contributed by atoms with Crippen molar-refractivity contribution in [3.05, 3.63) is 35.9 Å². The molecule has 1 aromatic rings. The minimum absolute atomic E-state index is 0.464. The normalized spacial score (nSPS) is 18.9. The fraction of sp³-hybridized carbons (Fsp3) is 0.647. The molecule has 0 heterocycles. The summed E-state index contributed by atoms with van der Waals surface area (Å²) in [4.78, 5) is 0. The second-order valence-electron chi connectivity index (χ2n) is 6.34. The first-order valence-electron chi connectivity index (χ1n) is 7.22. The lowest BCUT2D eigenvalue weighted by Gasteiger charge is -2.34. The summed E-state index contributed by atoms with van der Waals surface area (Å²) in [5.41, 5.74) is 1.97. The van der Waals surface area contributed by atoms with Gasteiger partial charge in [0.2, 0.25) is 0 Å². The lowest BCUT2D eigenvalue weighted by Crippen LogP contribution is -2.26. The van der Waals surface area contributed by atoms with Gasteiger partial charge in [-0.1, -0.05) is 69.9 Å². The summed E-state index contributed by atoms with van der Waals surface area (Å²) in [6.45, 7) is 4.94. The standard InChI is InChI=1S/C17H26/c1-17(2,14-15-10-6-5-7-11-15)16-12-8-3-4-9-13-16/h5-7,10-11,16H,3-4,8-9,12-14H2,1-2H3. The van der Waals surface area contributed by atoms with Crippen molar-refractivity contribution in [1.82, 2.24) is 0 Å². The van der Waals surface area contributed by atoms with Crippen LogP contribution in [0.15, 0.2) is 30.3 Å². The monoisotopic (exact) mass is 230 g/mol. The molecule has 1 aliphatic rings. The molecule has 0 aliphatic heterocycles. The van der Waals surface area contributed by atoms with Crippen LogP contribution in [-0.4, -0.2) is 0 Å². The van der Waals surface area contributed by atoms with Gasteiger partial charge in [0.25, 0.3) is 0 Å². The summed E-state index contributed by atoms with van der Waals surface area (Å²) in [7, 11) is 0. The van der Waals surface area contributed by atoms with Gasteiger partial charge < -0.3 is 0 Å². The Morgan fingerprint density at radius 3 is 2.12 bits per heavy atom. The third-order valence-electron chi connectivity index (χ3n) is 4.46. The Hall–Kier alpha value is -0.780. The molecule has 1 aliphatic carbocycles. The van der Waals surface area contributed by atoms with Gasteiger partial charge >= 0.3 is 0 Å². The molecule has 0 unspecified atom stereocenters. The SMILES string of the molecule is CC(C)(Cc1ccccc1)C1CCCCCC1. The van der Waals surface area contributed by atoms with Gasteiger partial charge in [-0.3, -0.25) is 0 Å². The smallest absolute Gasteiger partial charge is 0.0225 e. The topological polar surface area (TPSA) is 0 Å². The molecule has 0 atom stereocenters. The first-order chi connectivity index (χ1) is 8.18. The van der Waals surface area contributed by atoms with Gasteiger partial charge in [-0.15, -0.1) is 0 Å². The first-order valence-corrected chi connectivity index (χ1v) is 7.22. The Bertz CT molecular complexity index is 315. The molecule has 1 saturated carbocycles. The number of hydrogen-bond donors (Lipinski definition) is 0. The van der Waals surface area contributed by atoms with Crippen molar-refractivity contribution >= 4 is 0 Å². The molecule has 0 heteroatoms. The lowest BCUT2D eigenvalue weighted by atomic mass is 9.71. The zero-order valence-electron chi connectivity index (χ0n) is 11.4. The highest BCUT2D eigenvalue weighted by Crippen LogP contribution is 2.39. The molecule has 0 N–H and O–H groups in total. The summed E-state index contributed by atoms with van der Waals surface area (Å²) in [6.07, 6.45) is 9.93. The van der Waals surface area contributed by atoms with Crippen LogP contribution in [0.5, 0.6) is 0 Å². The molecular weight excluding hydrogens is 204 g/mol. The minimum atomic E-state index is 0.464. The van der Waals surface area contributed by atoms with Gasteiger partial charge in [0.15, 0.2) is 0 Å². The van der Waals surface area contributed by atoms with Gasteiger partial charge in [-0.05, 0) is 36.2 Å². The average Bonchev–Trinajstić information content (AvgIpc) is 2.58. The van der Waals surface area contributed by atoms with Crippen molar-refractivity contribution in [2.75, 3.05) is 0 Å². The van der Waals surface area contributed by atoms with Crippen LogP contribution < -0.4 is 0 Å². The van der Waals surface area contributed by atoms with Crippen LogP contribution in [0.2, 0.25) is 0 Å². The summed E-state index contributed by atoms with van der Waals surface area (Å²) in [6, 6.07) is 11.0. The minimum Gasteiger partial charge on any atom is -0.0622 e. The summed E-state index contributed by atoms with van der Waals surface area (Å²) >= 11 is 0. The fourth-order valence-corrected chi connectivity index (χ4v) is 3.33. The Labute approximate surface area is 106 Å². The molecule has 0 spiro atoms. The van der Waals surface area contributed by atoms with Crippen molar-refractivity contribution in [3.63, 3.8) is 0 Å². The first kappa shape index (κ1) is 12.7. The van der Waals surface area contributed by atoms with E-state index in [2.05, 4.69) is 44.2 Å². The molecule has 17 heavy (non-hydrogen) atoms. The molecule has 0 bridgehead atoms. The molecule has 0 amide bonds. The molecule has 0 radical (unpaired) electrons. The Morgan fingerprint density at radius 2 is 1.53 bits per heavy atom. The molecular formula is C17H26. The zero-order chi connectivity index (χ0) is 12.1. The Morgan fingerprint density at radius 1 is 0.941 bits per heavy atom. The van der Waals surface area contributed by atoms with E-state index in [0.29, 0.717) is 5.41 Å². The maximum Gasteiger partial charge on any atom is -0.0225 e. The lowest BCUT2D eigenvalue weighted by molar-refractivity contribution is 0.188. The van der Waals surface area contributed by atoms with Crippen molar-refractivity contribution in [2.24, 2.45) is 11.3 Å². The van der Waals surface area contributed by atoms with Crippen LogP contribution in [0.25, 0.3) is 0 Å². The van der Waals surface area contributed by atoms with E-state index in [0.717, 1.165) is 5.92 Å². The van der Waals surface area contributed by atoms with Crippen LogP contribution >= 0.6 is 0 Å². The van der Waals surface area contributed by atoms with Crippen LogP contribution in [-0.2, 0) is 6.42 Å². The quantitative estimate of drug-likeness (QED) is 0.624. The van der Waals surface area contributed by atoms with Crippen molar-refractivity contribution in [2.45, 2.75) is 58.8 Å². The molecule has 2 rings (SSSR count). The Kier molecular flexibility index (Phi) is 4.25. The van der Waals surface area contributed by atoms with Gasteiger partial charge in [0.05, 0.1) is 0 Å². The highest BCUT2D eigenvalue weighted by atomic mass is 14.3. The van der Waals surface area contributed by atoms with Crippen LogP contribution in [0.3, 0.4) is 0 Å². The molecule has 0 aromatic heterocycles. The Balaban J connectivity index is 2.01. The van der Waals surface area contributed by atoms with E-state index in [1.54, 1.807) is 0 Å². The highest BCUT2D eigenvalue weighted by molar-refractivity contribution is 5.16. The van der Waals surface area contributed by atoms with Crippen molar-refractivity contribution < 1.29 is 0 Å². The zero-order valence-corrected chi connectivity index (χ0v) is 11.4. The largest absolute Gasteiger partial charge is 0.0622 e. The van der Waals surface area contributed by atoms with Crippen LogP contribution in [0.4, 0.5) is 0 Å². The average molecular weight is 230 g/mol. The highest BCUT2D eigenvalue weighted by Gasteiger charge is 2.29. The van der Waals surface area contributed by atoms with Crippen molar-refractivity contribution in [1.29, 1.82) is 0 Å². The van der Waals surface area contributed by atoms with E-state index in [1.165, 1.54) is 50.5 Å². The van der Waals surface area contributed by atoms with Gasteiger partial charge in [0, 0.05) is 0 Å². The van der Waals surface area contributed by atoms with E-state index in [4.69, 9.17) is 0 Å². The molecule has 1 fully saturated rings. The van der Waals surface area contributed by atoms with E-state index >= 15 is 0 Å². The maximum absolute atomic E-state index is 2.47. The van der Waals surface area contributed by atoms with Crippen molar-refractivity contribution in [3.8, 4) is 0 Å². The molecule has 0 nitrogen and oxygen atoms in total. The van der Waals surface area contributed by atoms with Crippen LogP contribution in [0, 0.1) is 11.3 Å². The third kappa shape index (κ3) is 3.59. The van der Waals surface area contributed by atoms with Crippen LogP contribution in [0.1, 0.15) is 57.9 Å². The predicted octanol–water partition coefficient (Wildman–Crippen LogP) is 5.23. The second-order valence-corrected chi connectivity index (χ2v) is 6.34. The summed E-state index contributed by atoms with van der Waals surface area (Å²) in [5, 5.41) is 0. The van der Waals surface area contributed by atoms with Gasteiger partial charge in [-0.2, -0.15) is 0 Å². The van der Waals surface area contributed by atoms with E-state index in [9.17, 15) is 0 Å². The summed E-state index contributed by atoms with van der Waals surface area (Å²) in [5.74, 6) is 0.921.